The van der Waals surface area contributed by atoms with Crippen LogP contribution in [0.15, 0.2) is 6.20 Å². The molecule has 8 heteroatoms. The fourth-order valence-corrected chi connectivity index (χ4v) is 4.56. The lowest BCUT2D eigenvalue weighted by atomic mass is 9.77. The van der Waals surface area contributed by atoms with E-state index >= 15 is 0 Å². The molecule has 2 aliphatic rings. The Labute approximate surface area is 152 Å². The maximum absolute atomic E-state index is 11.7. The van der Waals surface area contributed by atoms with E-state index in [0.29, 0.717) is 12.2 Å². The van der Waals surface area contributed by atoms with Crippen LogP contribution in [0.1, 0.15) is 51.3 Å². The van der Waals surface area contributed by atoms with Gasteiger partial charge >= 0.3 is 11.8 Å². The molecule has 2 N–H and O–H groups in total. The summed E-state index contributed by atoms with van der Waals surface area (Å²) >= 11 is 0. The van der Waals surface area contributed by atoms with E-state index in [4.69, 9.17) is 0 Å². The molecular weight excluding hydrogens is 336 g/mol. The number of nitro groups is 1. The van der Waals surface area contributed by atoms with Gasteiger partial charge in [0.15, 0.2) is 0 Å². The molecular formula is C18H26N4O4. The second kappa shape index (κ2) is 6.74. The van der Waals surface area contributed by atoms with Crippen molar-refractivity contribution in [3.8, 4) is 0 Å². The molecule has 0 saturated carbocycles. The maximum atomic E-state index is 11.7. The Hall–Kier alpha value is -2.38. The number of piperidine rings is 1. The minimum Gasteiger partial charge on any atom is -0.465 e. The van der Waals surface area contributed by atoms with E-state index < -0.39 is 6.09 Å². The van der Waals surface area contributed by atoms with Crippen LogP contribution < -0.4 is 10.2 Å². The fraction of sp³-hybridized carbons (Fsp3) is 0.667. The number of carboxylic acid groups (broad SMARTS) is 1. The summed E-state index contributed by atoms with van der Waals surface area (Å²) in [5.41, 5.74) is 2.32. The molecule has 0 radical (unpaired) electrons. The Morgan fingerprint density at radius 1 is 1.38 bits per heavy atom. The zero-order valence-electron chi connectivity index (χ0n) is 15.5. The topological polar surface area (TPSA) is 109 Å². The number of hydrogen-bond donors (Lipinski definition) is 2. The summed E-state index contributed by atoms with van der Waals surface area (Å²) in [7, 11) is 0. The zero-order valence-corrected chi connectivity index (χ0v) is 15.5. The number of aromatic nitrogens is 1. The van der Waals surface area contributed by atoms with Crippen molar-refractivity contribution < 1.29 is 14.8 Å². The van der Waals surface area contributed by atoms with Gasteiger partial charge in [-0.05, 0) is 37.5 Å². The molecule has 0 bridgehead atoms. The van der Waals surface area contributed by atoms with Crippen molar-refractivity contribution >= 4 is 17.5 Å². The molecule has 8 nitrogen and oxygen atoms in total. The van der Waals surface area contributed by atoms with Crippen molar-refractivity contribution in [1.82, 2.24) is 10.3 Å². The standard InChI is InChI=1S/C18H26N4O4/c1-18(2,3)16-13(20-17(23)24)8-5-9-21(16)15-11-6-4-7-12(11)19-10-14(15)22(25)26/h10,13,16,20H,4-9H2,1-3H3,(H,23,24)/t13-,16?/m0/s1. The monoisotopic (exact) mass is 362 g/mol. The molecule has 2 atom stereocenters. The Balaban J connectivity index is 2.13. The Morgan fingerprint density at radius 3 is 2.73 bits per heavy atom. The first-order valence-corrected chi connectivity index (χ1v) is 9.11. The molecule has 0 aromatic carbocycles. The minimum absolute atomic E-state index is 0.0240. The number of aryl methyl sites for hydroxylation is 1. The zero-order chi connectivity index (χ0) is 19.1. The van der Waals surface area contributed by atoms with Crippen molar-refractivity contribution in [2.24, 2.45) is 5.41 Å². The van der Waals surface area contributed by atoms with Gasteiger partial charge in [0.05, 0.1) is 17.0 Å². The molecule has 26 heavy (non-hydrogen) atoms. The van der Waals surface area contributed by atoms with Crippen LogP contribution >= 0.6 is 0 Å². The normalized spacial score (nSPS) is 22.8. The maximum Gasteiger partial charge on any atom is 0.404 e. The van der Waals surface area contributed by atoms with Gasteiger partial charge in [-0.3, -0.25) is 15.1 Å². The molecule has 1 aliphatic carbocycles. The summed E-state index contributed by atoms with van der Waals surface area (Å²) in [5, 5.41) is 23.6. The van der Waals surface area contributed by atoms with Gasteiger partial charge < -0.3 is 15.3 Å². The van der Waals surface area contributed by atoms with E-state index in [9.17, 15) is 20.0 Å². The highest BCUT2D eigenvalue weighted by atomic mass is 16.6. The van der Waals surface area contributed by atoms with Crippen LogP contribution in [-0.4, -0.2) is 39.7 Å². The number of amides is 1. The predicted octanol–water partition coefficient (Wildman–Crippen LogP) is 3.13. The molecule has 0 spiro atoms. The lowest BCUT2D eigenvalue weighted by Gasteiger charge is -2.49. The third-order valence-corrected chi connectivity index (χ3v) is 5.37. The van der Waals surface area contributed by atoms with Crippen LogP contribution in [0.3, 0.4) is 0 Å². The molecule has 3 rings (SSSR count). The number of nitrogens with zero attached hydrogens (tertiary/aromatic N) is 3. The third-order valence-electron chi connectivity index (χ3n) is 5.37. The Kier molecular flexibility index (Phi) is 4.77. The summed E-state index contributed by atoms with van der Waals surface area (Å²) in [6.07, 6.45) is 4.39. The highest BCUT2D eigenvalue weighted by Crippen LogP contribution is 2.43. The number of hydrogen-bond acceptors (Lipinski definition) is 5. The highest BCUT2D eigenvalue weighted by molar-refractivity contribution is 5.71. The summed E-state index contributed by atoms with van der Waals surface area (Å²) in [5.74, 6) is 0. The number of rotatable bonds is 3. The van der Waals surface area contributed by atoms with Gasteiger partial charge in [0.1, 0.15) is 11.9 Å². The number of pyridine rings is 1. The molecule has 142 valence electrons. The summed E-state index contributed by atoms with van der Waals surface area (Å²) in [6.45, 7) is 6.84. The number of nitrogens with one attached hydrogen (secondary N) is 1. The molecule has 1 saturated heterocycles. The molecule has 1 aromatic heterocycles. The van der Waals surface area contributed by atoms with E-state index in [1.807, 2.05) is 0 Å². The minimum atomic E-state index is -1.06. The second-order valence-corrected chi connectivity index (χ2v) is 8.23. The van der Waals surface area contributed by atoms with Crippen molar-refractivity contribution in [3.05, 3.63) is 27.6 Å². The Morgan fingerprint density at radius 2 is 2.12 bits per heavy atom. The van der Waals surface area contributed by atoms with Gasteiger partial charge in [-0.1, -0.05) is 20.8 Å². The second-order valence-electron chi connectivity index (χ2n) is 8.23. The molecule has 2 heterocycles. The molecule has 1 aromatic rings. The first-order chi connectivity index (χ1) is 12.2. The number of anilines is 1. The van der Waals surface area contributed by atoms with E-state index in [2.05, 4.69) is 36.0 Å². The highest BCUT2D eigenvalue weighted by Gasteiger charge is 2.43. The van der Waals surface area contributed by atoms with Crippen molar-refractivity contribution in [3.63, 3.8) is 0 Å². The lowest BCUT2D eigenvalue weighted by molar-refractivity contribution is -0.384. The molecule has 1 fully saturated rings. The predicted molar refractivity (Wildman–Crippen MR) is 97.7 cm³/mol. The van der Waals surface area contributed by atoms with Crippen molar-refractivity contribution in [2.75, 3.05) is 11.4 Å². The largest absolute Gasteiger partial charge is 0.465 e. The quantitative estimate of drug-likeness (QED) is 0.632. The van der Waals surface area contributed by atoms with Crippen LogP contribution in [0.5, 0.6) is 0 Å². The first-order valence-electron chi connectivity index (χ1n) is 9.11. The van der Waals surface area contributed by atoms with Gasteiger partial charge in [0.2, 0.25) is 0 Å². The van der Waals surface area contributed by atoms with Crippen LogP contribution in [0.25, 0.3) is 0 Å². The van der Waals surface area contributed by atoms with Gasteiger partial charge in [0.25, 0.3) is 0 Å². The van der Waals surface area contributed by atoms with Gasteiger partial charge in [-0.15, -0.1) is 0 Å². The van der Waals surface area contributed by atoms with E-state index in [0.717, 1.165) is 43.4 Å². The Bertz CT molecular complexity index is 729. The average Bonchev–Trinajstić information content (AvgIpc) is 3.00. The van der Waals surface area contributed by atoms with E-state index in [1.165, 1.54) is 6.20 Å². The fourth-order valence-electron chi connectivity index (χ4n) is 4.56. The van der Waals surface area contributed by atoms with Gasteiger partial charge in [0, 0.05) is 17.8 Å². The lowest BCUT2D eigenvalue weighted by Crippen LogP contribution is -2.60. The molecule has 1 unspecified atom stereocenters. The van der Waals surface area contributed by atoms with Gasteiger partial charge in [-0.2, -0.15) is 0 Å². The third kappa shape index (κ3) is 3.32. The van der Waals surface area contributed by atoms with E-state index in [1.54, 1.807) is 0 Å². The van der Waals surface area contributed by atoms with Crippen molar-refractivity contribution in [1.29, 1.82) is 0 Å². The first kappa shape index (κ1) is 18.4. The summed E-state index contributed by atoms with van der Waals surface area (Å²) < 4.78 is 0. The molecule has 1 amide bonds. The summed E-state index contributed by atoms with van der Waals surface area (Å²) in [4.78, 5) is 29.0. The number of carbonyl (C=O) groups is 1. The average molecular weight is 362 g/mol. The SMILES string of the molecule is CC(C)(C)C1[C@@H](NC(=O)O)CCCN1c1c([N+](=O)[O-])cnc2c1CCC2. The number of fused-ring (bicyclic) bond motifs is 1. The van der Waals surface area contributed by atoms with Gasteiger partial charge in [-0.25, -0.2) is 4.79 Å². The van der Waals surface area contributed by atoms with Crippen LogP contribution in [0.2, 0.25) is 0 Å². The van der Waals surface area contributed by atoms with Crippen LogP contribution in [-0.2, 0) is 12.8 Å². The van der Waals surface area contributed by atoms with Crippen molar-refractivity contribution in [2.45, 2.75) is 65.0 Å². The summed E-state index contributed by atoms with van der Waals surface area (Å²) in [6, 6.07) is -0.441. The van der Waals surface area contributed by atoms with E-state index in [-0.39, 0.29) is 28.1 Å². The van der Waals surface area contributed by atoms with Crippen LogP contribution in [0.4, 0.5) is 16.2 Å². The molecule has 1 aliphatic heterocycles. The smallest absolute Gasteiger partial charge is 0.404 e. The van der Waals surface area contributed by atoms with Crippen LogP contribution in [0, 0.1) is 15.5 Å².